The van der Waals surface area contributed by atoms with E-state index in [0.717, 1.165) is 19.3 Å². The van der Waals surface area contributed by atoms with Crippen molar-refractivity contribution >= 4 is 28.7 Å². The first-order valence-electron chi connectivity index (χ1n) is 7.53. The van der Waals surface area contributed by atoms with Crippen LogP contribution in [-0.2, 0) is 9.59 Å². The summed E-state index contributed by atoms with van der Waals surface area (Å²) in [6.07, 6.45) is 4.28. The molecule has 1 aliphatic carbocycles. The van der Waals surface area contributed by atoms with E-state index in [1.54, 1.807) is 23.7 Å². The van der Waals surface area contributed by atoms with Crippen LogP contribution < -0.4 is 5.32 Å². The van der Waals surface area contributed by atoms with Crippen molar-refractivity contribution in [2.45, 2.75) is 65.2 Å². The fraction of sp³-hybridized carbons (Fsp3) is 0.800. The van der Waals surface area contributed by atoms with E-state index in [2.05, 4.69) is 31.2 Å². The molecule has 1 N–H and O–H groups in total. The van der Waals surface area contributed by atoms with E-state index < -0.39 is 0 Å². The lowest BCUT2D eigenvalue weighted by Crippen LogP contribution is -2.54. The highest BCUT2D eigenvalue weighted by Gasteiger charge is 2.55. The number of amidine groups is 1. The van der Waals surface area contributed by atoms with E-state index in [1.807, 2.05) is 0 Å². The minimum atomic E-state index is -0.347. The van der Waals surface area contributed by atoms with Crippen LogP contribution in [0, 0.1) is 11.3 Å². The molecule has 118 valence electrons. The number of hydrazone groups is 1. The lowest BCUT2D eigenvalue weighted by atomic mass is 9.69. The minimum absolute atomic E-state index is 0.0565. The lowest BCUT2D eigenvalue weighted by Gasteiger charge is -2.49. The number of nitrogens with zero attached hydrogens (tertiary/aromatic N) is 2. The second kappa shape index (κ2) is 5.63. The second-order valence-corrected chi connectivity index (χ2v) is 8.33. The number of nitrogens with one attached hydrogen (secondary N) is 1. The predicted molar refractivity (Wildman–Crippen MR) is 85.5 cm³/mol. The Morgan fingerprint density at radius 2 is 2.00 bits per heavy atom. The summed E-state index contributed by atoms with van der Waals surface area (Å²) in [5.41, 5.74) is 0.0856. The van der Waals surface area contributed by atoms with Crippen LogP contribution in [0.5, 0.6) is 0 Å². The number of hydrogen-bond donors (Lipinski definition) is 1. The first kappa shape index (κ1) is 16.3. The third-order valence-corrected chi connectivity index (χ3v) is 5.66. The number of thioether (sulfide) groups is 1. The summed E-state index contributed by atoms with van der Waals surface area (Å²) in [4.78, 5) is 23.1. The van der Waals surface area contributed by atoms with Gasteiger partial charge in [0.2, 0.25) is 11.8 Å². The Morgan fingerprint density at radius 1 is 1.33 bits per heavy atom. The second-order valence-electron chi connectivity index (χ2n) is 7.03. The Balaban J connectivity index is 2.38. The zero-order chi connectivity index (χ0) is 15.8. The predicted octanol–water partition coefficient (Wildman–Crippen LogP) is 2.92. The van der Waals surface area contributed by atoms with Gasteiger partial charge in [0, 0.05) is 13.8 Å². The number of hydrogen-bond acceptors (Lipinski definition) is 4. The van der Waals surface area contributed by atoms with Crippen molar-refractivity contribution in [2.75, 3.05) is 0 Å². The molecule has 0 saturated heterocycles. The van der Waals surface area contributed by atoms with Crippen LogP contribution in [0.4, 0.5) is 0 Å². The maximum Gasteiger partial charge on any atom is 0.240 e. The van der Waals surface area contributed by atoms with E-state index in [1.165, 1.54) is 13.3 Å². The van der Waals surface area contributed by atoms with Gasteiger partial charge in [-0.1, -0.05) is 45.4 Å². The van der Waals surface area contributed by atoms with Gasteiger partial charge in [-0.05, 0) is 24.2 Å². The SMILES string of the molecule is CC(=O)NC1=NN(C(C)=O)C2(CCCCC2C(C)(C)C)S1. The van der Waals surface area contributed by atoms with E-state index in [-0.39, 0.29) is 22.1 Å². The topological polar surface area (TPSA) is 61.8 Å². The van der Waals surface area contributed by atoms with Crippen LogP contribution in [0.2, 0.25) is 0 Å². The van der Waals surface area contributed by atoms with Crippen molar-refractivity contribution in [1.29, 1.82) is 0 Å². The van der Waals surface area contributed by atoms with Crippen LogP contribution in [0.1, 0.15) is 60.3 Å². The monoisotopic (exact) mass is 311 g/mol. The zero-order valence-electron chi connectivity index (χ0n) is 13.5. The molecule has 1 saturated carbocycles. The third-order valence-electron chi connectivity index (χ3n) is 4.27. The highest BCUT2D eigenvalue weighted by Crippen LogP contribution is 2.55. The van der Waals surface area contributed by atoms with Crippen molar-refractivity contribution in [3.05, 3.63) is 0 Å². The summed E-state index contributed by atoms with van der Waals surface area (Å²) in [7, 11) is 0. The molecular weight excluding hydrogens is 286 g/mol. The van der Waals surface area contributed by atoms with E-state index >= 15 is 0 Å². The molecule has 5 nitrogen and oxygen atoms in total. The van der Waals surface area contributed by atoms with Crippen molar-refractivity contribution in [3.63, 3.8) is 0 Å². The number of amides is 2. The van der Waals surface area contributed by atoms with Gasteiger partial charge in [0.1, 0.15) is 4.87 Å². The summed E-state index contributed by atoms with van der Waals surface area (Å²) in [6.45, 7) is 9.69. The van der Waals surface area contributed by atoms with Gasteiger partial charge < -0.3 is 5.32 Å². The summed E-state index contributed by atoms with van der Waals surface area (Å²) < 4.78 is 0. The number of carbonyl (C=O) groups excluding carboxylic acids is 2. The summed E-state index contributed by atoms with van der Waals surface area (Å²) in [5.74, 6) is 0.145. The van der Waals surface area contributed by atoms with Crippen molar-refractivity contribution in [2.24, 2.45) is 16.4 Å². The molecule has 6 heteroatoms. The Morgan fingerprint density at radius 3 is 2.52 bits per heavy atom. The van der Waals surface area contributed by atoms with Gasteiger partial charge in [-0.15, -0.1) is 5.10 Å². The van der Waals surface area contributed by atoms with E-state index in [0.29, 0.717) is 11.1 Å². The minimum Gasteiger partial charge on any atom is -0.304 e. The van der Waals surface area contributed by atoms with Crippen molar-refractivity contribution < 1.29 is 9.59 Å². The molecule has 1 spiro atoms. The molecule has 0 aromatic carbocycles. The quantitative estimate of drug-likeness (QED) is 0.748. The largest absolute Gasteiger partial charge is 0.304 e. The Kier molecular flexibility index (Phi) is 4.38. The van der Waals surface area contributed by atoms with Gasteiger partial charge in [-0.25, -0.2) is 5.01 Å². The normalized spacial score (nSPS) is 29.5. The molecule has 2 atom stereocenters. The Hall–Kier alpha value is -1.04. The molecule has 0 bridgehead atoms. The summed E-state index contributed by atoms with van der Waals surface area (Å²) >= 11 is 1.56. The highest BCUT2D eigenvalue weighted by molar-refractivity contribution is 8.15. The van der Waals surface area contributed by atoms with Gasteiger partial charge in [0.15, 0.2) is 5.17 Å². The average molecular weight is 311 g/mol. The van der Waals surface area contributed by atoms with E-state index in [4.69, 9.17) is 0 Å². The lowest BCUT2D eigenvalue weighted by molar-refractivity contribution is -0.136. The van der Waals surface area contributed by atoms with Gasteiger partial charge >= 0.3 is 0 Å². The molecule has 0 aromatic heterocycles. The molecule has 2 unspecified atom stereocenters. The van der Waals surface area contributed by atoms with Crippen LogP contribution in [0.15, 0.2) is 5.10 Å². The standard InChI is InChI=1S/C15H25N3O2S/c1-10(19)16-13-17-18(11(2)20)15(21-13)9-7-6-8-12(15)14(3,4)5/h12H,6-9H2,1-5H3,(H,16,17,19). The summed E-state index contributed by atoms with van der Waals surface area (Å²) in [6, 6.07) is 0. The summed E-state index contributed by atoms with van der Waals surface area (Å²) in [5, 5.41) is 9.32. The fourth-order valence-corrected chi connectivity index (χ4v) is 5.32. The smallest absolute Gasteiger partial charge is 0.240 e. The van der Waals surface area contributed by atoms with Crippen molar-refractivity contribution in [3.8, 4) is 0 Å². The van der Waals surface area contributed by atoms with Crippen LogP contribution in [0.25, 0.3) is 0 Å². The molecule has 1 heterocycles. The molecule has 1 aliphatic heterocycles. The van der Waals surface area contributed by atoms with Gasteiger partial charge in [-0.2, -0.15) is 0 Å². The van der Waals surface area contributed by atoms with Crippen molar-refractivity contribution in [1.82, 2.24) is 10.3 Å². The van der Waals surface area contributed by atoms with Gasteiger partial charge in [-0.3, -0.25) is 9.59 Å². The third kappa shape index (κ3) is 3.10. The molecule has 0 aromatic rings. The molecular formula is C15H25N3O2S. The number of carbonyl (C=O) groups is 2. The first-order valence-corrected chi connectivity index (χ1v) is 8.34. The molecule has 2 aliphatic rings. The molecule has 1 fully saturated rings. The zero-order valence-corrected chi connectivity index (χ0v) is 14.3. The molecule has 2 rings (SSSR count). The first-order chi connectivity index (χ1) is 9.67. The highest BCUT2D eigenvalue weighted by atomic mass is 32.2. The Labute approximate surface area is 130 Å². The van der Waals surface area contributed by atoms with Crippen LogP contribution in [0.3, 0.4) is 0 Å². The molecule has 21 heavy (non-hydrogen) atoms. The van der Waals surface area contributed by atoms with Gasteiger partial charge in [0.25, 0.3) is 0 Å². The van der Waals surface area contributed by atoms with Gasteiger partial charge in [0.05, 0.1) is 0 Å². The van der Waals surface area contributed by atoms with Crippen LogP contribution in [-0.4, -0.2) is 26.9 Å². The molecule has 0 radical (unpaired) electrons. The Bertz CT molecular complexity index is 484. The maximum absolute atomic E-state index is 12.1. The number of rotatable bonds is 0. The maximum atomic E-state index is 12.1. The average Bonchev–Trinajstić information content (AvgIpc) is 2.66. The van der Waals surface area contributed by atoms with E-state index in [9.17, 15) is 9.59 Å². The fourth-order valence-electron chi connectivity index (χ4n) is 3.56. The van der Waals surface area contributed by atoms with Crippen LogP contribution >= 0.6 is 11.8 Å². The molecule has 2 amide bonds.